The van der Waals surface area contributed by atoms with Crippen LogP contribution in [-0.2, 0) is 0 Å². The Kier molecular flexibility index (Phi) is 6.46. The van der Waals surface area contributed by atoms with Crippen molar-refractivity contribution in [3.8, 4) is 17.5 Å². The summed E-state index contributed by atoms with van der Waals surface area (Å²) in [6.07, 6.45) is 3.38. The summed E-state index contributed by atoms with van der Waals surface area (Å²) in [7, 11) is 0. The number of benzene rings is 2. The van der Waals surface area contributed by atoms with Gasteiger partial charge in [0.2, 0.25) is 0 Å². The van der Waals surface area contributed by atoms with Crippen molar-refractivity contribution < 1.29 is 4.79 Å². The van der Waals surface area contributed by atoms with Crippen LogP contribution in [-0.4, -0.2) is 30.1 Å². The number of rotatable bonds is 4. The summed E-state index contributed by atoms with van der Waals surface area (Å²) in [5.41, 5.74) is 5.65. The van der Waals surface area contributed by atoms with Crippen molar-refractivity contribution in [2.24, 2.45) is 0 Å². The largest absolute Gasteiger partial charge is 0.344 e. The first-order valence-electron chi connectivity index (χ1n) is 12.7. The molecule has 40 heavy (non-hydrogen) atoms. The third-order valence-electron chi connectivity index (χ3n) is 6.74. The second kappa shape index (κ2) is 10.2. The molecular formula is C31H24N6O2S. The number of aromatic nitrogens is 5. The van der Waals surface area contributed by atoms with Gasteiger partial charge in [-0.2, -0.15) is 5.10 Å². The highest BCUT2D eigenvalue weighted by molar-refractivity contribution is 7.09. The average Bonchev–Trinajstić information content (AvgIpc) is 3.53. The Labute approximate surface area is 234 Å². The summed E-state index contributed by atoms with van der Waals surface area (Å²) < 4.78 is 3.23. The highest BCUT2D eigenvalue weighted by atomic mass is 32.1. The van der Waals surface area contributed by atoms with Crippen LogP contribution in [0.5, 0.6) is 0 Å². The van der Waals surface area contributed by atoms with Crippen LogP contribution in [0.1, 0.15) is 50.8 Å². The first-order chi connectivity index (χ1) is 19.4. The Balaban J connectivity index is 1.48. The molecule has 0 fully saturated rings. The van der Waals surface area contributed by atoms with Gasteiger partial charge >= 0.3 is 0 Å². The topological polar surface area (TPSA) is 94.2 Å². The number of nitrogens with one attached hydrogen (secondary N) is 1. The molecule has 0 radical (unpaired) electrons. The quantitative estimate of drug-likeness (QED) is 0.315. The number of fused-ring (bicyclic) bond motifs is 2. The maximum absolute atomic E-state index is 14.2. The van der Waals surface area contributed by atoms with Crippen molar-refractivity contribution in [3.05, 3.63) is 122 Å². The number of pyridine rings is 1. The molecule has 0 aliphatic carbocycles. The lowest BCUT2D eigenvalue weighted by Gasteiger charge is -2.21. The van der Waals surface area contributed by atoms with E-state index < -0.39 is 6.04 Å². The number of aryl methyl sites for hydroxylation is 2. The number of hydrogen-bond acceptors (Lipinski definition) is 6. The lowest BCUT2D eigenvalue weighted by atomic mass is 10.0. The first-order valence-corrected chi connectivity index (χ1v) is 13.6. The second-order valence-corrected chi connectivity index (χ2v) is 10.4. The maximum Gasteiger partial charge on any atom is 0.264 e. The Bertz CT molecular complexity index is 2030. The zero-order valence-corrected chi connectivity index (χ0v) is 22.9. The molecule has 0 aliphatic heterocycles. The van der Waals surface area contributed by atoms with Gasteiger partial charge in [0, 0.05) is 34.2 Å². The van der Waals surface area contributed by atoms with E-state index in [0.29, 0.717) is 44.9 Å². The van der Waals surface area contributed by atoms with Crippen LogP contribution in [0.4, 0.5) is 0 Å². The molecule has 1 amide bonds. The van der Waals surface area contributed by atoms with Gasteiger partial charge in [-0.3, -0.25) is 14.2 Å². The van der Waals surface area contributed by atoms with E-state index in [0.717, 1.165) is 10.3 Å². The van der Waals surface area contributed by atoms with Crippen molar-refractivity contribution in [1.82, 2.24) is 29.5 Å². The number of carbonyl (C=O) groups is 1. The normalized spacial score (nSPS) is 11.8. The molecule has 4 heterocycles. The van der Waals surface area contributed by atoms with Gasteiger partial charge in [-0.15, -0.1) is 11.3 Å². The van der Waals surface area contributed by atoms with E-state index in [1.165, 1.54) is 11.3 Å². The van der Waals surface area contributed by atoms with Gasteiger partial charge in [-0.1, -0.05) is 36.3 Å². The van der Waals surface area contributed by atoms with Crippen LogP contribution < -0.4 is 10.9 Å². The Morgan fingerprint density at radius 3 is 2.62 bits per heavy atom. The molecule has 2 aromatic carbocycles. The number of hydrogen-bond donors (Lipinski definition) is 1. The smallest absolute Gasteiger partial charge is 0.264 e. The van der Waals surface area contributed by atoms with Crippen LogP contribution in [0.15, 0.2) is 83.4 Å². The van der Waals surface area contributed by atoms with E-state index in [-0.39, 0.29) is 11.5 Å². The molecule has 0 spiro atoms. The standard InChI is InChI=1S/C31H24N6O2S/c1-19(34-30(38)27-20(2)35-36-16-8-15-32-29(27)36)26-17-23-10-7-9-22(13-14-25-21(3)40-18-33-25)28(23)31(39)37(26)24-11-5-4-6-12-24/h4-12,15-19H,1-3H3,(H,34,38)/t19-/m0/s1. The SMILES string of the molecule is Cc1nn2cccnc2c1C(=O)N[C@@H](C)c1cc2cccc(C#Cc3ncsc3C)c2c(=O)n1-c1ccccc1. The minimum Gasteiger partial charge on any atom is -0.344 e. The van der Waals surface area contributed by atoms with E-state index in [4.69, 9.17) is 0 Å². The molecule has 0 aliphatic rings. The minimum absolute atomic E-state index is 0.214. The lowest BCUT2D eigenvalue weighted by molar-refractivity contribution is 0.0939. The van der Waals surface area contributed by atoms with Crippen molar-refractivity contribution in [2.75, 3.05) is 0 Å². The third-order valence-corrected chi connectivity index (χ3v) is 7.50. The van der Waals surface area contributed by atoms with E-state index in [2.05, 4.69) is 32.2 Å². The fourth-order valence-electron chi connectivity index (χ4n) is 4.81. The van der Waals surface area contributed by atoms with Gasteiger partial charge in [-0.25, -0.2) is 14.5 Å². The zero-order chi connectivity index (χ0) is 27.8. The average molecular weight is 545 g/mol. The highest BCUT2D eigenvalue weighted by Gasteiger charge is 2.23. The number of nitrogens with zero attached hydrogens (tertiary/aromatic N) is 5. The Morgan fingerprint density at radius 1 is 1.02 bits per heavy atom. The zero-order valence-electron chi connectivity index (χ0n) is 22.0. The molecule has 0 bridgehead atoms. The first kappa shape index (κ1) is 25.2. The molecule has 1 atom stereocenters. The molecular weight excluding hydrogens is 520 g/mol. The van der Waals surface area contributed by atoms with Crippen LogP contribution in [0.3, 0.4) is 0 Å². The summed E-state index contributed by atoms with van der Waals surface area (Å²) in [5, 5.41) is 8.73. The molecule has 6 rings (SSSR count). The van der Waals surface area contributed by atoms with Crippen molar-refractivity contribution >= 4 is 33.7 Å². The van der Waals surface area contributed by atoms with Gasteiger partial charge in [0.1, 0.15) is 11.3 Å². The van der Waals surface area contributed by atoms with Gasteiger partial charge in [0.05, 0.1) is 22.6 Å². The van der Waals surface area contributed by atoms with Crippen molar-refractivity contribution in [2.45, 2.75) is 26.8 Å². The van der Waals surface area contributed by atoms with Crippen LogP contribution in [0.2, 0.25) is 0 Å². The van der Waals surface area contributed by atoms with E-state index in [1.807, 2.05) is 68.4 Å². The van der Waals surface area contributed by atoms with Crippen LogP contribution >= 0.6 is 11.3 Å². The fraction of sp³-hybridized carbons (Fsp3) is 0.129. The Morgan fingerprint density at radius 2 is 1.85 bits per heavy atom. The third kappa shape index (κ3) is 4.44. The highest BCUT2D eigenvalue weighted by Crippen LogP contribution is 2.24. The van der Waals surface area contributed by atoms with Crippen molar-refractivity contribution in [1.29, 1.82) is 0 Å². The van der Waals surface area contributed by atoms with Crippen molar-refractivity contribution in [3.63, 3.8) is 0 Å². The molecule has 1 N–H and O–H groups in total. The molecule has 8 nitrogen and oxygen atoms in total. The number of carbonyl (C=O) groups excluding carboxylic acids is 1. The molecule has 0 saturated carbocycles. The van der Waals surface area contributed by atoms with Crippen LogP contribution in [0, 0.1) is 25.7 Å². The summed E-state index contributed by atoms with van der Waals surface area (Å²) in [4.78, 5) is 37.4. The van der Waals surface area contributed by atoms with E-state index >= 15 is 0 Å². The fourth-order valence-corrected chi connectivity index (χ4v) is 5.34. The molecule has 196 valence electrons. The summed E-state index contributed by atoms with van der Waals surface area (Å²) in [6, 6.07) is 18.2. The van der Waals surface area contributed by atoms with Gasteiger partial charge < -0.3 is 5.32 Å². The predicted molar refractivity (Wildman–Crippen MR) is 156 cm³/mol. The second-order valence-electron chi connectivity index (χ2n) is 9.37. The van der Waals surface area contributed by atoms with Gasteiger partial charge in [-0.05, 0) is 62.4 Å². The summed E-state index contributed by atoms with van der Waals surface area (Å²) in [6.45, 7) is 5.61. The maximum atomic E-state index is 14.2. The summed E-state index contributed by atoms with van der Waals surface area (Å²) in [5.74, 6) is 5.97. The molecule has 9 heteroatoms. The predicted octanol–water partition coefficient (Wildman–Crippen LogP) is 5.00. The molecule has 6 aromatic rings. The number of para-hydroxylation sites is 1. The minimum atomic E-state index is -0.518. The van der Waals surface area contributed by atoms with Gasteiger partial charge in [0.15, 0.2) is 5.65 Å². The van der Waals surface area contributed by atoms with Gasteiger partial charge in [0.25, 0.3) is 11.5 Å². The molecule has 4 aromatic heterocycles. The summed E-state index contributed by atoms with van der Waals surface area (Å²) >= 11 is 1.53. The van der Waals surface area contributed by atoms with E-state index in [1.54, 1.807) is 40.0 Å². The molecule has 0 unspecified atom stereocenters. The monoisotopic (exact) mass is 544 g/mol. The number of thiazole rings is 1. The lowest BCUT2D eigenvalue weighted by Crippen LogP contribution is -2.32. The van der Waals surface area contributed by atoms with E-state index in [9.17, 15) is 9.59 Å². The molecule has 0 saturated heterocycles. The number of amides is 1. The Hall–Kier alpha value is -5.07. The van der Waals surface area contributed by atoms with Crippen LogP contribution in [0.25, 0.3) is 22.1 Å².